The predicted octanol–water partition coefficient (Wildman–Crippen LogP) is 6.08. The van der Waals surface area contributed by atoms with Gasteiger partial charge in [-0.15, -0.1) is 0 Å². The first-order valence-electron chi connectivity index (χ1n) is 11.7. The number of β-amino-alcohol motifs (C(OH)–C–C–N with tert-alkyl or cyclic N) is 1. The highest BCUT2D eigenvalue weighted by atomic mass is 35.5. The van der Waals surface area contributed by atoms with Gasteiger partial charge in [-0.25, -0.2) is 0 Å². The molecule has 0 fully saturated rings. The Hall–Kier alpha value is -3.54. The minimum absolute atomic E-state index is 0.0999. The fraction of sp³-hybridized carbons (Fsp3) is 0.207. The lowest BCUT2D eigenvalue weighted by Crippen LogP contribution is -2.28. The normalized spacial score (nSPS) is 15.6. The van der Waals surface area contributed by atoms with E-state index < -0.39 is 6.10 Å². The second-order valence-corrected chi connectivity index (χ2v) is 9.13. The monoisotopic (exact) mass is 488 g/mol. The van der Waals surface area contributed by atoms with Gasteiger partial charge in [0.25, 0.3) is 0 Å². The number of carbonyl (C=O) groups is 1. The van der Waals surface area contributed by atoms with E-state index in [1.54, 1.807) is 6.08 Å². The summed E-state index contributed by atoms with van der Waals surface area (Å²) in [5, 5.41) is 16.8. The number of hydrogen-bond acceptors (Lipinski definition) is 4. The third-order valence-electron chi connectivity index (χ3n) is 5.60. The molecule has 3 N–H and O–H groups in total. The summed E-state index contributed by atoms with van der Waals surface area (Å²) < 4.78 is 5.76. The van der Waals surface area contributed by atoms with Crippen molar-refractivity contribution in [2.24, 2.45) is 0 Å². The van der Waals surface area contributed by atoms with Gasteiger partial charge < -0.3 is 20.5 Å². The van der Waals surface area contributed by atoms with Crippen LogP contribution in [0, 0.1) is 0 Å². The molecule has 1 amide bonds. The maximum atomic E-state index is 12.7. The van der Waals surface area contributed by atoms with Crippen molar-refractivity contribution < 1.29 is 14.6 Å². The van der Waals surface area contributed by atoms with E-state index in [1.807, 2.05) is 86.7 Å². The van der Waals surface area contributed by atoms with Crippen molar-refractivity contribution in [1.29, 1.82) is 0 Å². The van der Waals surface area contributed by atoms with E-state index in [2.05, 4.69) is 10.6 Å². The van der Waals surface area contributed by atoms with Crippen LogP contribution in [0.2, 0.25) is 5.02 Å². The minimum atomic E-state index is -0.474. The second-order valence-electron chi connectivity index (χ2n) is 8.70. The number of aliphatic hydroxyl groups excluding tert-OH is 1. The van der Waals surface area contributed by atoms with Crippen LogP contribution in [0.4, 0.5) is 11.4 Å². The molecule has 35 heavy (non-hydrogen) atoms. The van der Waals surface area contributed by atoms with Crippen LogP contribution in [0.5, 0.6) is 5.75 Å². The van der Waals surface area contributed by atoms with E-state index in [-0.39, 0.29) is 12.0 Å². The molecule has 0 aliphatic carbocycles. The van der Waals surface area contributed by atoms with Gasteiger partial charge in [-0.3, -0.25) is 4.79 Å². The lowest BCUT2D eigenvalue weighted by Gasteiger charge is -2.24. The topological polar surface area (TPSA) is 70.6 Å². The van der Waals surface area contributed by atoms with Gasteiger partial charge in [-0.2, -0.15) is 0 Å². The summed E-state index contributed by atoms with van der Waals surface area (Å²) in [6.07, 6.45) is 5.27. The molecule has 3 aromatic rings. The van der Waals surface area contributed by atoms with Crippen LogP contribution in [-0.4, -0.2) is 29.8 Å². The summed E-state index contributed by atoms with van der Waals surface area (Å²) in [5.74, 6) is 0.561. The van der Waals surface area contributed by atoms with Crippen LogP contribution in [0.3, 0.4) is 0 Å². The van der Waals surface area contributed by atoms with Crippen molar-refractivity contribution in [3.63, 3.8) is 0 Å². The Morgan fingerprint density at radius 2 is 1.77 bits per heavy atom. The largest absolute Gasteiger partial charge is 0.491 e. The number of fused-ring (bicyclic) bond motifs is 1. The van der Waals surface area contributed by atoms with Crippen molar-refractivity contribution in [2.75, 3.05) is 17.2 Å². The molecule has 1 heterocycles. The lowest BCUT2D eigenvalue weighted by molar-refractivity contribution is -0.111. The smallest absolute Gasteiger partial charge is 0.248 e. The van der Waals surface area contributed by atoms with Gasteiger partial charge in [0.1, 0.15) is 5.75 Å². The first-order valence-corrected chi connectivity index (χ1v) is 12.0. The lowest BCUT2D eigenvalue weighted by atomic mass is 9.97. The van der Waals surface area contributed by atoms with Gasteiger partial charge in [0.2, 0.25) is 5.91 Å². The Morgan fingerprint density at radius 1 is 1.09 bits per heavy atom. The van der Waals surface area contributed by atoms with Crippen molar-refractivity contribution in [3.05, 3.63) is 107 Å². The third-order valence-corrected chi connectivity index (χ3v) is 5.86. The average molecular weight is 489 g/mol. The van der Waals surface area contributed by atoms with Gasteiger partial charge >= 0.3 is 0 Å². The highest BCUT2D eigenvalue weighted by Crippen LogP contribution is 2.29. The van der Waals surface area contributed by atoms with Crippen LogP contribution in [0.15, 0.2) is 85.0 Å². The quantitative estimate of drug-likeness (QED) is 0.278. The van der Waals surface area contributed by atoms with Crippen molar-refractivity contribution in [2.45, 2.75) is 32.5 Å². The highest BCUT2D eigenvalue weighted by Gasteiger charge is 2.19. The maximum Gasteiger partial charge on any atom is 0.248 e. The molecule has 0 aromatic heterocycles. The van der Waals surface area contributed by atoms with Gasteiger partial charge in [0.15, 0.2) is 0 Å². The van der Waals surface area contributed by atoms with Crippen LogP contribution in [0.1, 0.15) is 30.5 Å². The van der Waals surface area contributed by atoms with Crippen LogP contribution >= 0.6 is 11.6 Å². The zero-order valence-corrected chi connectivity index (χ0v) is 20.5. The standard InChI is InChI=1S/C29H29ClN2O3/c1-19(2)35-24-15-11-21(12-16-24)25(20-9-13-22(30)14-10-20)5-3-8-29(34)32-28-7-4-6-27-26(28)17-23(33)18-31-27/h3-16,19,23,31,33H,17-18H2,1-2H3,(H,32,34)/b8-3+,25-5+. The summed E-state index contributed by atoms with van der Waals surface area (Å²) >= 11 is 6.09. The van der Waals surface area contributed by atoms with Crippen molar-refractivity contribution >= 4 is 34.5 Å². The SMILES string of the molecule is CC(C)Oc1ccc(/C(=C/C=C/C(=O)Nc2cccc3c2CC(O)CN3)c2ccc(Cl)cc2)cc1. The van der Waals surface area contributed by atoms with Crippen LogP contribution < -0.4 is 15.4 Å². The number of aliphatic hydroxyl groups is 1. The number of halogens is 1. The first kappa shape index (κ1) is 24.6. The van der Waals surface area contributed by atoms with Crippen LogP contribution in [0.25, 0.3) is 5.57 Å². The molecule has 0 radical (unpaired) electrons. The number of nitrogens with one attached hydrogen (secondary N) is 2. The molecule has 6 heteroatoms. The summed E-state index contributed by atoms with van der Waals surface area (Å²) in [6, 6.07) is 21.2. The molecule has 180 valence electrons. The molecule has 0 bridgehead atoms. The summed E-state index contributed by atoms with van der Waals surface area (Å²) in [5.41, 5.74) is 5.47. The molecule has 0 spiro atoms. The van der Waals surface area contributed by atoms with E-state index in [4.69, 9.17) is 16.3 Å². The third kappa shape index (κ3) is 6.53. The van der Waals surface area contributed by atoms with Gasteiger partial charge in [-0.05, 0) is 66.9 Å². The zero-order chi connectivity index (χ0) is 24.8. The number of benzene rings is 3. The molecule has 3 aromatic carbocycles. The van der Waals surface area contributed by atoms with Crippen molar-refractivity contribution in [3.8, 4) is 5.75 Å². The maximum absolute atomic E-state index is 12.7. The number of ether oxygens (including phenoxy) is 1. The number of carbonyl (C=O) groups excluding carboxylic acids is 1. The Morgan fingerprint density at radius 3 is 2.46 bits per heavy atom. The molecule has 0 saturated heterocycles. The molecule has 5 nitrogen and oxygen atoms in total. The molecule has 0 saturated carbocycles. The number of rotatable bonds is 7. The Labute approximate surface area is 211 Å². The molecular weight excluding hydrogens is 460 g/mol. The summed E-state index contributed by atoms with van der Waals surface area (Å²) in [6.45, 7) is 4.49. The second kappa shape index (κ2) is 11.3. The van der Waals surface area contributed by atoms with E-state index in [1.165, 1.54) is 6.08 Å². The van der Waals surface area contributed by atoms with Gasteiger partial charge in [-0.1, -0.05) is 54.1 Å². The zero-order valence-electron chi connectivity index (χ0n) is 19.8. The van der Waals surface area contributed by atoms with E-state index in [0.29, 0.717) is 23.7 Å². The first-order chi connectivity index (χ1) is 16.9. The number of amides is 1. The predicted molar refractivity (Wildman–Crippen MR) is 143 cm³/mol. The summed E-state index contributed by atoms with van der Waals surface area (Å²) in [7, 11) is 0. The van der Waals surface area contributed by atoms with Gasteiger partial charge in [0.05, 0.1) is 12.2 Å². The van der Waals surface area contributed by atoms with E-state index in [0.717, 1.165) is 33.7 Å². The molecule has 1 aliphatic heterocycles. The Bertz CT molecular complexity index is 1230. The fourth-order valence-corrected chi connectivity index (χ4v) is 4.13. The summed E-state index contributed by atoms with van der Waals surface area (Å²) in [4.78, 5) is 12.7. The number of anilines is 2. The molecule has 1 aliphatic rings. The number of allylic oxidation sites excluding steroid dienone is 2. The van der Waals surface area contributed by atoms with Crippen molar-refractivity contribution in [1.82, 2.24) is 0 Å². The molecule has 1 unspecified atom stereocenters. The number of hydrogen-bond donors (Lipinski definition) is 3. The fourth-order valence-electron chi connectivity index (χ4n) is 4.00. The minimum Gasteiger partial charge on any atom is -0.491 e. The van der Waals surface area contributed by atoms with E-state index >= 15 is 0 Å². The molecule has 1 atom stereocenters. The van der Waals surface area contributed by atoms with Crippen LogP contribution in [-0.2, 0) is 11.2 Å². The molecule has 4 rings (SSSR count). The highest BCUT2D eigenvalue weighted by molar-refractivity contribution is 6.30. The van der Waals surface area contributed by atoms with Gasteiger partial charge in [0, 0.05) is 41.0 Å². The molecular formula is C29H29ClN2O3. The van der Waals surface area contributed by atoms with E-state index in [9.17, 15) is 9.90 Å². The Balaban J connectivity index is 1.55. The Kier molecular flexibility index (Phi) is 7.91. The average Bonchev–Trinajstić information content (AvgIpc) is 2.83.